The first kappa shape index (κ1) is 13.2. The zero-order valence-electron chi connectivity index (χ0n) is 9.82. The number of hydrogen-bond acceptors (Lipinski definition) is 3. The molecule has 0 saturated carbocycles. The molecular weight excluding hydrogens is 222 g/mol. The molecule has 0 spiro atoms. The molecule has 0 atom stereocenters. The van der Waals surface area contributed by atoms with Crippen molar-refractivity contribution >= 4 is 11.9 Å². The van der Waals surface area contributed by atoms with E-state index in [1.54, 1.807) is 6.20 Å². The topological polar surface area (TPSA) is 95.1 Å². The van der Waals surface area contributed by atoms with E-state index in [1.807, 2.05) is 6.92 Å². The molecule has 0 aliphatic carbocycles. The number of nitrogens with zero attached hydrogens (tertiary/aromatic N) is 1. The van der Waals surface area contributed by atoms with Gasteiger partial charge in [0, 0.05) is 30.6 Å². The standard InChI is InChI=1S/C11H17N3O3/c1-8-9(7-13-14-8)6-12-10(15)4-2-3-5-11(16)17/h7H,2-6H2,1H3,(H,12,15)(H,13,14)(H,16,17). The molecule has 1 aromatic rings. The number of carboxylic acids is 1. The van der Waals surface area contributed by atoms with Crippen LogP contribution in [-0.2, 0) is 16.1 Å². The molecule has 6 heteroatoms. The maximum atomic E-state index is 11.4. The predicted octanol–water partition coefficient (Wildman–Crippen LogP) is 0.979. The first-order chi connectivity index (χ1) is 8.09. The van der Waals surface area contributed by atoms with Crippen LogP contribution in [-0.4, -0.2) is 27.2 Å². The van der Waals surface area contributed by atoms with E-state index in [0.717, 1.165) is 11.3 Å². The van der Waals surface area contributed by atoms with Gasteiger partial charge in [0.1, 0.15) is 0 Å². The Morgan fingerprint density at radius 2 is 2.12 bits per heavy atom. The average Bonchev–Trinajstić information content (AvgIpc) is 2.67. The normalized spacial score (nSPS) is 10.2. The molecule has 0 bridgehead atoms. The highest BCUT2D eigenvalue weighted by atomic mass is 16.4. The minimum Gasteiger partial charge on any atom is -0.481 e. The molecule has 1 aromatic heterocycles. The molecule has 0 aliphatic rings. The lowest BCUT2D eigenvalue weighted by Gasteiger charge is -2.03. The summed E-state index contributed by atoms with van der Waals surface area (Å²) in [6.07, 6.45) is 3.30. The van der Waals surface area contributed by atoms with Gasteiger partial charge in [-0.1, -0.05) is 0 Å². The van der Waals surface area contributed by atoms with Gasteiger partial charge in [-0.15, -0.1) is 0 Å². The van der Waals surface area contributed by atoms with Crippen molar-refractivity contribution in [2.24, 2.45) is 0 Å². The van der Waals surface area contributed by atoms with Crippen molar-refractivity contribution in [1.29, 1.82) is 0 Å². The van der Waals surface area contributed by atoms with Crippen molar-refractivity contribution in [3.05, 3.63) is 17.5 Å². The number of rotatable bonds is 7. The quantitative estimate of drug-likeness (QED) is 0.618. The highest BCUT2D eigenvalue weighted by molar-refractivity contribution is 5.75. The van der Waals surface area contributed by atoms with E-state index in [2.05, 4.69) is 15.5 Å². The lowest BCUT2D eigenvalue weighted by atomic mass is 10.2. The summed E-state index contributed by atoms with van der Waals surface area (Å²) in [5.41, 5.74) is 1.90. The van der Waals surface area contributed by atoms with Gasteiger partial charge in [-0.3, -0.25) is 14.7 Å². The smallest absolute Gasteiger partial charge is 0.303 e. The molecule has 0 aromatic carbocycles. The van der Waals surface area contributed by atoms with Gasteiger partial charge in [0.25, 0.3) is 0 Å². The summed E-state index contributed by atoms with van der Waals surface area (Å²) in [7, 11) is 0. The third kappa shape index (κ3) is 5.14. The summed E-state index contributed by atoms with van der Waals surface area (Å²) < 4.78 is 0. The van der Waals surface area contributed by atoms with Crippen LogP contribution >= 0.6 is 0 Å². The lowest BCUT2D eigenvalue weighted by Crippen LogP contribution is -2.22. The van der Waals surface area contributed by atoms with Crippen molar-refractivity contribution in [2.75, 3.05) is 0 Å². The van der Waals surface area contributed by atoms with E-state index >= 15 is 0 Å². The van der Waals surface area contributed by atoms with Gasteiger partial charge in [-0.2, -0.15) is 5.10 Å². The summed E-state index contributed by atoms with van der Waals surface area (Å²) in [4.78, 5) is 21.7. The van der Waals surface area contributed by atoms with Gasteiger partial charge in [0.15, 0.2) is 0 Å². The van der Waals surface area contributed by atoms with Crippen molar-refractivity contribution in [3.63, 3.8) is 0 Å². The molecule has 0 saturated heterocycles. The summed E-state index contributed by atoms with van der Waals surface area (Å²) in [6.45, 7) is 2.35. The van der Waals surface area contributed by atoms with Gasteiger partial charge in [-0.05, 0) is 19.8 Å². The Kier molecular flexibility index (Phi) is 5.19. The minimum atomic E-state index is -0.820. The van der Waals surface area contributed by atoms with Crippen molar-refractivity contribution in [3.8, 4) is 0 Å². The van der Waals surface area contributed by atoms with Gasteiger partial charge in [0.05, 0.1) is 6.20 Å². The maximum absolute atomic E-state index is 11.4. The Bertz CT molecular complexity index is 387. The number of unbranched alkanes of at least 4 members (excludes halogenated alkanes) is 1. The van der Waals surface area contributed by atoms with Crippen LogP contribution in [0, 0.1) is 6.92 Å². The fraction of sp³-hybridized carbons (Fsp3) is 0.545. The third-order valence-electron chi connectivity index (χ3n) is 2.45. The summed E-state index contributed by atoms with van der Waals surface area (Å²) in [5.74, 6) is -0.879. The Hall–Kier alpha value is -1.85. The second kappa shape index (κ2) is 6.67. The van der Waals surface area contributed by atoms with Crippen molar-refractivity contribution in [2.45, 2.75) is 39.2 Å². The number of carboxylic acid groups (broad SMARTS) is 1. The van der Waals surface area contributed by atoms with Gasteiger partial charge in [0.2, 0.25) is 5.91 Å². The van der Waals surface area contributed by atoms with Crippen LogP contribution in [0.5, 0.6) is 0 Å². The maximum Gasteiger partial charge on any atom is 0.303 e. The van der Waals surface area contributed by atoms with E-state index in [0.29, 0.717) is 25.8 Å². The number of nitrogens with one attached hydrogen (secondary N) is 2. The van der Waals surface area contributed by atoms with Gasteiger partial charge in [-0.25, -0.2) is 0 Å². The van der Waals surface area contributed by atoms with E-state index in [-0.39, 0.29) is 12.3 Å². The molecule has 1 rings (SSSR count). The molecule has 0 aliphatic heterocycles. The van der Waals surface area contributed by atoms with Crippen molar-refractivity contribution in [1.82, 2.24) is 15.5 Å². The SMILES string of the molecule is Cc1[nH]ncc1CNC(=O)CCCCC(=O)O. The number of amides is 1. The number of aromatic amines is 1. The van der Waals surface area contributed by atoms with E-state index in [4.69, 9.17) is 5.11 Å². The molecule has 0 unspecified atom stereocenters. The second-order valence-corrected chi connectivity index (χ2v) is 3.90. The Morgan fingerprint density at radius 3 is 2.71 bits per heavy atom. The fourth-order valence-corrected chi connectivity index (χ4v) is 1.40. The number of carbonyl (C=O) groups is 2. The van der Waals surface area contributed by atoms with Gasteiger partial charge >= 0.3 is 5.97 Å². The number of H-pyrrole nitrogens is 1. The Balaban J connectivity index is 2.13. The molecule has 1 amide bonds. The van der Waals surface area contributed by atoms with Crippen LogP contribution < -0.4 is 5.32 Å². The molecule has 0 radical (unpaired) electrons. The molecule has 17 heavy (non-hydrogen) atoms. The zero-order valence-corrected chi connectivity index (χ0v) is 9.82. The molecule has 1 heterocycles. The first-order valence-electron chi connectivity index (χ1n) is 5.57. The Labute approximate surface area is 99.4 Å². The molecule has 6 nitrogen and oxygen atoms in total. The van der Waals surface area contributed by atoms with E-state index in [1.165, 1.54) is 0 Å². The Morgan fingerprint density at radius 1 is 1.41 bits per heavy atom. The molecule has 94 valence electrons. The van der Waals surface area contributed by atoms with Crippen LogP contribution in [0.15, 0.2) is 6.20 Å². The van der Waals surface area contributed by atoms with E-state index in [9.17, 15) is 9.59 Å². The van der Waals surface area contributed by atoms with Crippen LogP contribution in [0.1, 0.15) is 36.9 Å². The average molecular weight is 239 g/mol. The molecular formula is C11H17N3O3. The zero-order chi connectivity index (χ0) is 12.7. The summed E-state index contributed by atoms with van der Waals surface area (Å²) >= 11 is 0. The molecule has 3 N–H and O–H groups in total. The second-order valence-electron chi connectivity index (χ2n) is 3.90. The first-order valence-corrected chi connectivity index (χ1v) is 5.57. The third-order valence-corrected chi connectivity index (χ3v) is 2.45. The minimum absolute atomic E-state index is 0.0593. The van der Waals surface area contributed by atoms with Crippen LogP contribution in [0.4, 0.5) is 0 Å². The number of aryl methyl sites for hydroxylation is 1. The highest BCUT2D eigenvalue weighted by Gasteiger charge is 2.05. The highest BCUT2D eigenvalue weighted by Crippen LogP contribution is 2.03. The van der Waals surface area contributed by atoms with E-state index < -0.39 is 5.97 Å². The number of carbonyl (C=O) groups excluding carboxylic acids is 1. The summed E-state index contributed by atoms with van der Waals surface area (Å²) in [6, 6.07) is 0. The molecule has 0 fully saturated rings. The predicted molar refractivity (Wildman–Crippen MR) is 61.3 cm³/mol. The summed E-state index contributed by atoms with van der Waals surface area (Å²) in [5, 5.41) is 17.8. The monoisotopic (exact) mass is 239 g/mol. The lowest BCUT2D eigenvalue weighted by molar-refractivity contribution is -0.137. The largest absolute Gasteiger partial charge is 0.481 e. The van der Waals surface area contributed by atoms with Crippen LogP contribution in [0.3, 0.4) is 0 Å². The van der Waals surface area contributed by atoms with Gasteiger partial charge < -0.3 is 10.4 Å². The number of aromatic nitrogens is 2. The van der Waals surface area contributed by atoms with Crippen LogP contribution in [0.2, 0.25) is 0 Å². The van der Waals surface area contributed by atoms with Crippen LogP contribution in [0.25, 0.3) is 0 Å². The van der Waals surface area contributed by atoms with Crippen molar-refractivity contribution < 1.29 is 14.7 Å². The number of hydrogen-bond donors (Lipinski definition) is 3. The number of aliphatic carboxylic acids is 1. The fourth-order valence-electron chi connectivity index (χ4n) is 1.40.